The van der Waals surface area contributed by atoms with Crippen molar-refractivity contribution in [2.45, 2.75) is 53.1 Å². The van der Waals surface area contributed by atoms with Gasteiger partial charge in [0.1, 0.15) is 11.3 Å². The van der Waals surface area contributed by atoms with E-state index in [2.05, 4.69) is 53.6 Å². The highest BCUT2D eigenvalue weighted by atomic mass is 16.1. The highest BCUT2D eigenvalue weighted by Crippen LogP contribution is 2.23. The van der Waals surface area contributed by atoms with Crippen LogP contribution in [0.2, 0.25) is 0 Å². The molecule has 0 bridgehead atoms. The van der Waals surface area contributed by atoms with E-state index in [1.54, 1.807) is 10.5 Å². The molecule has 0 saturated carbocycles. The summed E-state index contributed by atoms with van der Waals surface area (Å²) in [6, 6.07) is 8.54. The molecule has 4 aromatic rings. The van der Waals surface area contributed by atoms with Crippen LogP contribution in [0.5, 0.6) is 0 Å². The fraction of sp³-hybridized carbons (Fsp3) is 0.440. The molecule has 0 amide bonds. The van der Waals surface area contributed by atoms with Crippen LogP contribution < -0.4 is 10.5 Å². The summed E-state index contributed by atoms with van der Waals surface area (Å²) in [6.45, 7) is 13.7. The Labute approximate surface area is 193 Å². The molecule has 8 nitrogen and oxygen atoms in total. The highest BCUT2D eigenvalue weighted by Gasteiger charge is 2.25. The second kappa shape index (κ2) is 8.26. The molecular weight excluding hydrogens is 414 g/mol. The van der Waals surface area contributed by atoms with Gasteiger partial charge in [-0.1, -0.05) is 6.92 Å². The number of piperazine rings is 1. The summed E-state index contributed by atoms with van der Waals surface area (Å²) in [6.07, 6.45) is 4.63. The van der Waals surface area contributed by atoms with Gasteiger partial charge in [-0.2, -0.15) is 5.10 Å². The fourth-order valence-electron chi connectivity index (χ4n) is 4.95. The van der Waals surface area contributed by atoms with Crippen LogP contribution in [0.1, 0.15) is 39.1 Å². The van der Waals surface area contributed by atoms with E-state index in [9.17, 15) is 4.79 Å². The molecule has 1 saturated heterocycles. The van der Waals surface area contributed by atoms with Crippen molar-refractivity contribution in [1.29, 1.82) is 0 Å². The van der Waals surface area contributed by atoms with E-state index in [-0.39, 0.29) is 5.56 Å². The third-order valence-electron chi connectivity index (χ3n) is 6.60. The molecule has 1 fully saturated rings. The van der Waals surface area contributed by atoms with E-state index < -0.39 is 0 Å². The quantitative estimate of drug-likeness (QED) is 0.480. The summed E-state index contributed by atoms with van der Waals surface area (Å²) in [5, 5.41) is 4.67. The minimum atomic E-state index is -0.104. The Hall–Kier alpha value is -3.26. The number of hydrogen-bond donors (Lipinski definition) is 0. The van der Waals surface area contributed by atoms with Gasteiger partial charge >= 0.3 is 0 Å². The average molecular weight is 446 g/mol. The number of anilines is 1. The van der Waals surface area contributed by atoms with Gasteiger partial charge in [0, 0.05) is 44.0 Å². The normalized spacial score (nSPS) is 17.5. The zero-order chi connectivity index (χ0) is 23.3. The summed E-state index contributed by atoms with van der Waals surface area (Å²) >= 11 is 0. The lowest BCUT2D eigenvalue weighted by Gasteiger charge is -2.43. The van der Waals surface area contributed by atoms with E-state index in [0.717, 1.165) is 48.6 Å². The highest BCUT2D eigenvalue weighted by molar-refractivity contribution is 5.66. The van der Waals surface area contributed by atoms with Crippen LogP contribution in [-0.2, 0) is 6.42 Å². The topological polar surface area (TPSA) is 71.0 Å². The molecule has 5 rings (SSSR count). The Kier molecular flexibility index (Phi) is 5.40. The largest absolute Gasteiger partial charge is 0.367 e. The molecule has 1 unspecified atom stereocenters. The Balaban J connectivity index is 1.50. The van der Waals surface area contributed by atoms with Gasteiger partial charge in [0.15, 0.2) is 0 Å². The fourth-order valence-corrected chi connectivity index (χ4v) is 4.95. The molecule has 172 valence electrons. The number of pyridine rings is 1. The molecule has 0 aromatic carbocycles. The zero-order valence-corrected chi connectivity index (χ0v) is 20.0. The molecule has 1 aliphatic heterocycles. The molecule has 0 aliphatic carbocycles. The molecule has 4 aromatic heterocycles. The van der Waals surface area contributed by atoms with E-state index >= 15 is 0 Å². The Bertz CT molecular complexity index is 1390. The zero-order valence-electron chi connectivity index (χ0n) is 20.0. The van der Waals surface area contributed by atoms with Gasteiger partial charge in [-0.25, -0.2) is 9.50 Å². The van der Waals surface area contributed by atoms with E-state index in [4.69, 9.17) is 4.98 Å². The first-order valence-corrected chi connectivity index (χ1v) is 11.7. The van der Waals surface area contributed by atoms with Gasteiger partial charge in [-0.3, -0.25) is 19.1 Å². The van der Waals surface area contributed by atoms with E-state index in [1.165, 1.54) is 0 Å². The molecule has 1 atom stereocenters. The molecule has 0 spiro atoms. The van der Waals surface area contributed by atoms with Gasteiger partial charge in [-0.15, -0.1) is 0 Å². The SMILES string of the molecule is CCc1nc(C)cn2nc(-c3cc(=O)n4cc(N5CCN(C(C)C)C(C)C5)ccc4n3)cc12. The lowest BCUT2D eigenvalue weighted by atomic mass is 10.1. The number of aromatic nitrogens is 5. The van der Waals surface area contributed by atoms with Crippen molar-refractivity contribution in [2.75, 3.05) is 24.5 Å². The number of nitrogens with zero attached hydrogens (tertiary/aromatic N) is 7. The van der Waals surface area contributed by atoms with Crippen molar-refractivity contribution in [3.63, 3.8) is 0 Å². The summed E-state index contributed by atoms with van der Waals surface area (Å²) in [5.74, 6) is 0. The first-order chi connectivity index (χ1) is 15.8. The molecule has 5 heterocycles. The summed E-state index contributed by atoms with van der Waals surface area (Å²) < 4.78 is 3.47. The van der Waals surface area contributed by atoms with Gasteiger partial charge < -0.3 is 4.90 Å². The van der Waals surface area contributed by atoms with Crippen LogP contribution in [0.25, 0.3) is 22.6 Å². The maximum absolute atomic E-state index is 13.1. The summed E-state index contributed by atoms with van der Waals surface area (Å²) in [7, 11) is 0. The first kappa shape index (κ1) is 21.6. The predicted molar refractivity (Wildman–Crippen MR) is 131 cm³/mol. The first-order valence-electron chi connectivity index (χ1n) is 11.7. The summed E-state index contributed by atoms with van der Waals surface area (Å²) in [4.78, 5) is 27.3. The predicted octanol–water partition coefficient (Wildman–Crippen LogP) is 3.19. The van der Waals surface area contributed by atoms with Crippen LogP contribution in [0, 0.1) is 6.92 Å². The molecule has 33 heavy (non-hydrogen) atoms. The number of hydrogen-bond acceptors (Lipinski definition) is 6. The number of aryl methyl sites for hydroxylation is 2. The Morgan fingerprint density at radius 2 is 1.91 bits per heavy atom. The lowest BCUT2D eigenvalue weighted by molar-refractivity contribution is 0.148. The van der Waals surface area contributed by atoms with Crippen molar-refractivity contribution >= 4 is 16.9 Å². The average Bonchev–Trinajstić information content (AvgIpc) is 3.22. The van der Waals surface area contributed by atoms with Gasteiger partial charge in [0.05, 0.1) is 34.5 Å². The van der Waals surface area contributed by atoms with Crippen molar-refractivity contribution in [1.82, 2.24) is 28.9 Å². The third-order valence-corrected chi connectivity index (χ3v) is 6.60. The molecule has 0 N–H and O–H groups in total. The van der Waals surface area contributed by atoms with Crippen molar-refractivity contribution in [3.05, 3.63) is 58.4 Å². The lowest BCUT2D eigenvalue weighted by Crippen LogP contribution is -2.54. The van der Waals surface area contributed by atoms with E-state index in [1.807, 2.05) is 36.0 Å². The molecular formula is C25H31N7O. The molecule has 0 radical (unpaired) electrons. The van der Waals surface area contributed by atoms with Crippen molar-refractivity contribution < 1.29 is 0 Å². The molecule has 1 aliphatic rings. The standard InChI is InChI=1S/C25H31N7O/c1-6-20-23-11-22(28-32(23)13-17(4)26-20)21-12-25(33)31-15-19(7-8-24(31)27-21)29-9-10-30(16(2)3)18(5)14-29/h7-8,11-13,15-16,18H,6,9-10,14H2,1-5H3. The van der Waals surface area contributed by atoms with Crippen LogP contribution in [0.3, 0.4) is 0 Å². The van der Waals surface area contributed by atoms with Crippen LogP contribution >= 0.6 is 0 Å². The minimum absolute atomic E-state index is 0.104. The second-order valence-corrected chi connectivity index (χ2v) is 9.26. The van der Waals surface area contributed by atoms with Crippen LogP contribution in [-0.4, -0.2) is 60.6 Å². The monoisotopic (exact) mass is 445 g/mol. The van der Waals surface area contributed by atoms with Gasteiger partial charge in [-0.05, 0) is 52.3 Å². The number of fused-ring (bicyclic) bond motifs is 2. The second-order valence-electron chi connectivity index (χ2n) is 9.26. The molecule has 8 heteroatoms. The Morgan fingerprint density at radius 3 is 2.64 bits per heavy atom. The maximum atomic E-state index is 13.1. The maximum Gasteiger partial charge on any atom is 0.258 e. The van der Waals surface area contributed by atoms with Gasteiger partial charge in [0.2, 0.25) is 0 Å². The van der Waals surface area contributed by atoms with Gasteiger partial charge in [0.25, 0.3) is 5.56 Å². The number of rotatable bonds is 4. The van der Waals surface area contributed by atoms with Crippen molar-refractivity contribution in [3.8, 4) is 11.4 Å². The summed E-state index contributed by atoms with van der Waals surface area (Å²) in [5.41, 5.74) is 5.68. The Morgan fingerprint density at radius 1 is 1.09 bits per heavy atom. The smallest absolute Gasteiger partial charge is 0.258 e. The van der Waals surface area contributed by atoms with Crippen LogP contribution in [0.4, 0.5) is 5.69 Å². The van der Waals surface area contributed by atoms with E-state index in [0.29, 0.717) is 29.1 Å². The third kappa shape index (κ3) is 3.88. The van der Waals surface area contributed by atoms with Crippen LogP contribution in [0.15, 0.2) is 41.5 Å². The van der Waals surface area contributed by atoms with Crippen molar-refractivity contribution in [2.24, 2.45) is 0 Å². The minimum Gasteiger partial charge on any atom is -0.367 e.